The van der Waals surface area contributed by atoms with Crippen molar-refractivity contribution in [1.82, 2.24) is 0 Å². The minimum atomic E-state index is 0.459. The van der Waals surface area contributed by atoms with Crippen molar-refractivity contribution in [2.24, 2.45) is 11.8 Å². The van der Waals surface area contributed by atoms with E-state index in [0.717, 1.165) is 11.8 Å². The zero-order valence-electron chi connectivity index (χ0n) is 6.23. The van der Waals surface area contributed by atoms with Crippen LogP contribution in [-0.4, -0.2) is 5.38 Å². The van der Waals surface area contributed by atoms with Gasteiger partial charge in [-0.2, -0.15) is 0 Å². The van der Waals surface area contributed by atoms with Gasteiger partial charge in [-0.25, -0.2) is 0 Å². The largest absolute Gasteiger partial charge is 0.123 e. The van der Waals surface area contributed by atoms with E-state index in [1.807, 2.05) is 0 Å². The molecular formula is C8H15Cl. The lowest BCUT2D eigenvalue weighted by molar-refractivity contribution is 0.307. The summed E-state index contributed by atoms with van der Waals surface area (Å²) in [7, 11) is 0. The highest BCUT2D eigenvalue weighted by Gasteiger charge is 2.22. The van der Waals surface area contributed by atoms with E-state index in [1.54, 1.807) is 0 Å². The third-order valence-corrected chi connectivity index (χ3v) is 2.98. The summed E-state index contributed by atoms with van der Waals surface area (Å²) in [5, 5.41) is 0.459. The molecular weight excluding hydrogens is 132 g/mol. The second-order valence-corrected chi connectivity index (χ2v) is 3.97. The molecule has 3 unspecified atom stereocenters. The Hall–Kier alpha value is 0.290. The summed E-state index contributed by atoms with van der Waals surface area (Å²) < 4.78 is 0. The summed E-state index contributed by atoms with van der Waals surface area (Å²) in [4.78, 5) is 0. The molecule has 1 saturated carbocycles. The predicted octanol–water partition coefficient (Wildman–Crippen LogP) is 3.05. The van der Waals surface area contributed by atoms with E-state index < -0.39 is 0 Å². The molecule has 0 aliphatic heterocycles. The van der Waals surface area contributed by atoms with Crippen LogP contribution < -0.4 is 0 Å². The van der Waals surface area contributed by atoms with Gasteiger partial charge < -0.3 is 0 Å². The van der Waals surface area contributed by atoms with Gasteiger partial charge in [0.1, 0.15) is 0 Å². The predicted molar refractivity (Wildman–Crippen MR) is 41.8 cm³/mol. The highest BCUT2D eigenvalue weighted by atomic mass is 35.5. The fraction of sp³-hybridized carbons (Fsp3) is 1.00. The van der Waals surface area contributed by atoms with Crippen molar-refractivity contribution in [2.75, 3.05) is 0 Å². The number of hydrogen-bond donors (Lipinski definition) is 0. The van der Waals surface area contributed by atoms with E-state index >= 15 is 0 Å². The summed E-state index contributed by atoms with van der Waals surface area (Å²) in [6.07, 6.45) is 3.89. The van der Waals surface area contributed by atoms with Gasteiger partial charge in [-0.1, -0.05) is 13.8 Å². The van der Waals surface area contributed by atoms with E-state index in [4.69, 9.17) is 11.6 Å². The molecule has 0 amide bonds. The van der Waals surface area contributed by atoms with E-state index in [9.17, 15) is 0 Å². The maximum atomic E-state index is 6.03. The van der Waals surface area contributed by atoms with Crippen molar-refractivity contribution < 1.29 is 0 Å². The van der Waals surface area contributed by atoms with E-state index in [2.05, 4.69) is 13.8 Å². The van der Waals surface area contributed by atoms with Gasteiger partial charge in [0.25, 0.3) is 0 Å². The first kappa shape index (κ1) is 7.40. The van der Waals surface area contributed by atoms with Crippen LogP contribution in [0.1, 0.15) is 33.1 Å². The smallest absolute Gasteiger partial charge is 0.0361 e. The van der Waals surface area contributed by atoms with Crippen molar-refractivity contribution in [3.05, 3.63) is 0 Å². The molecule has 0 aromatic rings. The summed E-state index contributed by atoms with van der Waals surface area (Å²) in [6, 6.07) is 0. The number of rotatable bonds is 0. The third kappa shape index (κ3) is 1.86. The molecule has 3 atom stereocenters. The SMILES string of the molecule is CC1CCC(Cl)C(C)C1. The maximum absolute atomic E-state index is 6.03. The fourth-order valence-corrected chi connectivity index (χ4v) is 1.86. The van der Waals surface area contributed by atoms with Crippen molar-refractivity contribution in [3.8, 4) is 0 Å². The zero-order valence-corrected chi connectivity index (χ0v) is 6.99. The van der Waals surface area contributed by atoms with E-state index in [1.165, 1.54) is 19.3 Å². The molecule has 1 fully saturated rings. The van der Waals surface area contributed by atoms with Gasteiger partial charge in [-0.15, -0.1) is 11.6 Å². The average Bonchev–Trinajstić information content (AvgIpc) is 1.80. The Morgan fingerprint density at radius 2 is 1.89 bits per heavy atom. The Morgan fingerprint density at radius 3 is 2.33 bits per heavy atom. The van der Waals surface area contributed by atoms with Crippen LogP contribution in [0.4, 0.5) is 0 Å². The quantitative estimate of drug-likeness (QED) is 0.461. The molecule has 1 aliphatic rings. The van der Waals surface area contributed by atoms with Crippen molar-refractivity contribution in [3.63, 3.8) is 0 Å². The third-order valence-electron chi connectivity index (χ3n) is 2.33. The van der Waals surface area contributed by atoms with Crippen LogP contribution in [-0.2, 0) is 0 Å². The van der Waals surface area contributed by atoms with Crippen molar-refractivity contribution >= 4 is 11.6 Å². The van der Waals surface area contributed by atoms with Gasteiger partial charge in [0, 0.05) is 5.38 Å². The van der Waals surface area contributed by atoms with Gasteiger partial charge in [0.15, 0.2) is 0 Å². The van der Waals surface area contributed by atoms with Crippen LogP contribution >= 0.6 is 11.6 Å². The molecule has 0 aromatic heterocycles. The molecule has 0 aromatic carbocycles. The molecule has 9 heavy (non-hydrogen) atoms. The Kier molecular flexibility index (Phi) is 2.40. The summed E-state index contributed by atoms with van der Waals surface area (Å²) in [6.45, 7) is 4.58. The first-order chi connectivity index (χ1) is 4.20. The summed E-state index contributed by atoms with van der Waals surface area (Å²) >= 11 is 6.03. The number of hydrogen-bond acceptors (Lipinski definition) is 0. The zero-order chi connectivity index (χ0) is 6.85. The Bertz CT molecular complexity index is 90.6. The molecule has 1 aliphatic carbocycles. The second-order valence-electron chi connectivity index (χ2n) is 3.41. The van der Waals surface area contributed by atoms with Crippen LogP contribution in [0.15, 0.2) is 0 Å². The monoisotopic (exact) mass is 146 g/mol. The van der Waals surface area contributed by atoms with E-state index in [-0.39, 0.29) is 0 Å². The van der Waals surface area contributed by atoms with Gasteiger partial charge in [-0.3, -0.25) is 0 Å². The van der Waals surface area contributed by atoms with Crippen LogP contribution in [0.3, 0.4) is 0 Å². The standard InChI is InChI=1S/C8H15Cl/c1-6-3-4-8(9)7(2)5-6/h6-8H,3-5H2,1-2H3. The molecule has 1 rings (SSSR count). The molecule has 0 nitrogen and oxygen atoms in total. The molecule has 0 bridgehead atoms. The lowest BCUT2D eigenvalue weighted by Gasteiger charge is -2.27. The first-order valence-electron chi connectivity index (χ1n) is 3.84. The summed E-state index contributed by atoms with van der Waals surface area (Å²) in [5.74, 6) is 1.66. The Labute approximate surface area is 62.6 Å². The van der Waals surface area contributed by atoms with Crippen LogP contribution in [0, 0.1) is 11.8 Å². The minimum absolute atomic E-state index is 0.459. The fourth-order valence-electron chi connectivity index (χ4n) is 1.63. The number of alkyl halides is 1. The Morgan fingerprint density at radius 1 is 1.22 bits per heavy atom. The highest BCUT2D eigenvalue weighted by Crippen LogP contribution is 2.31. The normalized spacial score (nSPS) is 45.0. The minimum Gasteiger partial charge on any atom is -0.123 e. The molecule has 54 valence electrons. The average molecular weight is 147 g/mol. The van der Waals surface area contributed by atoms with Gasteiger partial charge in [-0.05, 0) is 31.1 Å². The van der Waals surface area contributed by atoms with Gasteiger partial charge in [0.05, 0.1) is 0 Å². The van der Waals surface area contributed by atoms with Gasteiger partial charge >= 0.3 is 0 Å². The lowest BCUT2D eigenvalue weighted by Crippen LogP contribution is -2.21. The van der Waals surface area contributed by atoms with Crippen LogP contribution in [0.2, 0.25) is 0 Å². The van der Waals surface area contributed by atoms with Crippen LogP contribution in [0.5, 0.6) is 0 Å². The molecule has 0 radical (unpaired) electrons. The summed E-state index contributed by atoms with van der Waals surface area (Å²) in [5.41, 5.74) is 0. The molecule has 0 heterocycles. The number of halogens is 1. The van der Waals surface area contributed by atoms with Crippen molar-refractivity contribution in [1.29, 1.82) is 0 Å². The van der Waals surface area contributed by atoms with Crippen LogP contribution in [0.25, 0.3) is 0 Å². The van der Waals surface area contributed by atoms with Gasteiger partial charge in [0.2, 0.25) is 0 Å². The first-order valence-corrected chi connectivity index (χ1v) is 4.28. The molecule has 1 heteroatoms. The van der Waals surface area contributed by atoms with Crippen molar-refractivity contribution in [2.45, 2.75) is 38.5 Å². The molecule has 0 N–H and O–H groups in total. The Balaban J connectivity index is 2.35. The molecule has 0 spiro atoms. The second kappa shape index (κ2) is 2.92. The molecule has 0 saturated heterocycles. The van der Waals surface area contributed by atoms with E-state index in [0.29, 0.717) is 5.38 Å². The lowest BCUT2D eigenvalue weighted by atomic mass is 9.83. The topological polar surface area (TPSA) is 0 Å². The maximum Gasteiger partial charge on any atom is 0.0361 e. The highest BCUT2D eigenvalue weighted by molar-refractivity contribution is 6.20.